The number of fused-ring (bicyclic) bond motifs is 1. The molecule has 0 atom stereocenters. The molecule has 0 bridgehead atoms. The summed E-state index contributed by atoms with van der Waals surface area (Å²) in [6, 6.07) is 0. The van der Waals surface area contributed by atoms with E-state index in [2.05, 4.69) is 15.0 Å². The lowest BCUT2D eigenvalue weighted by molar-refractivity contribution is 0.709. The van der Waals surface area contributed by atoms with Gasteiger partial charge in [-0.15, -0.1) is 11.3 Å². The molecule has 1 aliphatic carbocycles. The number of halogens is 1. The molecule has 0 fully saturated rings. The third kappa shape index (κ3) is 2.27. The van der Waals surface area contributed by atoms with Gasteiger partial charge in [-0.25, -0.2) is 15.0 Å². The van der Waals surface area contributed by atoms with Crippen LogP contribution in [0.25, 0.3) is 10.8 Å². The van der Waals surface area contributed by atoms with Crippen molar-refractivity contribution in [3.05, 3.63) is 27.5 Å². The van der Waals surface area contributed by atoms with Crippen LogP contribution in [0.1, 0.15) is 36.2 Å². The minimum absolute atomic E-state index is 0.616. The molecule has 3 rings (SSSR count). The highest BCUT2D eigenvalue weighted by Crippen LogP contribution is 2.28. The van der Waals surface area contributed by atoms with Crippen molar-refractivity contribution in [2.75, 3.05) is 0 Å². The third-order valence-electron chi connectivity index (χ3n) is 3.19. The monoisotopic (exact) mass is 279 g/mol. The van der Waals surface area contributed by atoms with E-state index in [0.29, 0.717) is 11.0 Å². The number of rotatable bonds is 1. The third-order valence-corrected chi connectivity index (χ3v) is 4.46. The van der Waals surface area contributed by atoms with Crippen LogP contribution in [-0.2, 0) is 12.8 Å². The van der Waals surface area contributed by atoms with Crippen molar-refractivity contribution in [2.24, 2.45) is 0 Å². The van der Waals surface area contributed by atoms with Gasteiger partial charge in [-0.05, 0) is 32.6 Å². The maximum Gasteiger partial charge on any atom is 0.190 e. The minimum Gasteiger partial charge on any atom is -0.238 e. The van der Waals surface area contributed by atoms with Gasteiger partial charge in [-0.3, -0.25) is 0 Å². The van der Waals surface area contributed by atoms with E-state index in [1.807, 2.05) is 12.3 Å². The molecule has 0 amide bonds. The Morgan fingerprint density at radius 1 is 1.11 bits per heavy atom. The lowest BCUT2D eigenvalue weighted by Crippen LogP contribution is -2.02. The van der Waals surface area contributed by atoms with Crippen LogP contribution in [0.2, 0.25) is 5.15 Å². The van der Waals surface area contributed by atoms with Crippen LogP contribution in [-0.4, -0.2) is 15.0 Å². The Hall–Kier alpha value is -1.00. The van der Waals surface area contributed by atoms with Gasteiger partial charge in [0.1, 0.15) is 5.15 Å². The summed E-state index contributed by atoms with van der Waals surface area (Å²) in [6.45, 7) is 1.98. The van der Waals surface area contributed by atoms with Gasteiger partial charge in [0.2, 0.25) is 0 Å². The molecule has 1 aliphatic rings. The molecule has 2 aromatic rings. The summed E-state index contributed by atoms with van der Waals surface area (Å²) >= 11 is 7.87. The summed E-state index contributed by atoms with van der Waals surface area (Å²) in [5, 5.41) is 3.49. The average Bonchev–Trinajstić information content (AvgIpc) is 2.63. The smallest absolute Gasteiger partial charge is 0.190 e. The number of nitrogens with zero attached hydrogens (tertiary/aromatic N) is 3. The quantitative estimate of drug-likeness (QED) is 0.588. The molecule has 3 nitrogen and oxygen atoms in total. The van der Waals surface area contributed by atoms with Crippen molar-refractivity contribution in [3.63, 3.8) is 0 Å². The molecule has 0 saturated carbocycles. The van der Waals surface area contributed by atoms with Gasteiger partial charge in [0, 0.05) is 22.3 Å². The van der Waals surface area contributed by atoms with Crippen molar-refractivity contribution in [2.45, 2.75) is 39.0 Å². The van der Waals surface area contributed by atoms with Gasteiger partial charge in [0.25, 0.3) is 0 Å². The fraction of sp³-hybridized carbons (Fsp3) is 0.462. The first-order valence-electron chi connectivity index (χ1n) is 6.22. The number of hydrogen-bond acceptors (Lipinski definition) is 4. The second-order valence-electron chi connectivity index (χ2n) is 4.62. The normalized spacial score (nSPS) is 15.2. The molecule has 18 heavy (non-hydrogen) atoms. The molecule has 0 unspecified atom stereocenters. The molecule has 0 radical (unpaired) electrons. The van der Waals surface area contributed by atoms with Crippen LogP contribution in [0.15, 0.2) is 5.38 Å². The van der Waals surface area contributed by atoms with Crippen LogP contribution >= 0.6 is 22.9 Å². The first kappa shape index (κ1) is 12.1. The molecule has 0 aromatic carbocycles. The molecular weight excluding hydrogens is 266 g/mol. The molecule has 2 heterocycles. The second kappa shape index (κ2) is 4.94. The fourth-order valence-electron chi connectivity index (χ4n) is 2.28. The van der Waals surface area contributed by atoms with Crippen LogP contribution in [0, 0.1) is 6.92 Å². The van der Waals surface area contributed by atoms with Crippen molar-refractivity contribution in [1.82, 2.24) is 15.0 Å². The predicted molar refractivity (Wildman–Crippen MR) is 74.1 cm³/mol. The Bertz CT molecular complexity index is 580. The molecule has 0 aliphatic heterocycles. The van der Waals surface area contributed by atoms with Gasteiger partial charge >= 0.3 is 0 Å². The Morgan fingerprint density at radius 2 is 1.94 bits per heavy atom. The maximum absolute atomic E-state index is 6.30. The first-order valence-corrected chi connectivity index (χ1v) is 7.47. The summed E-state index contributed by atoms with van der Waals surface area (Å²) in [6.07, 6.45) is 5.64. The lowest BCUT2D eigenvalue weighted by Gasteiger charge is -2.07. The number of aromatic nitrogens is 3. The van der Waals surface area contributed by atoms with E-state index in [-0.39, 0.29) is 0 Å². The summed E-state index contributed by atoms with van der Waals surface area (Å²) in [5.41, 5.74) is 3.27. The molecular formula is C13H14ClN3S. The lowest BCUT2D eigenvalue weighted by atomic mass is 10.1. The molecule has 5 heteroatoms. The van der Waals surface area contributed by atoms with Crippen molar-refractivity contribution in [3.8, 4) is 10.8 Å². The zero-order valence-corrected chi connectivity index (χ0v) is 11.8. The van der Waals surface area contributed by atoms with Crippen LogP contribution in [0.5, 0.6) is 0 Å². The minimum atomic E-state index is 0.616. The maximum atomic E-state index is 6.30. The van der Waals surface area contributed by atoms with Crippen molar-refractivity contribution < 1.29 is 0 Å². The van der Waals surface area contributed by atoms with Gasteiger partial charge < -0.3 is 0 Å². The fourth-order valence-corrected chi connectivity index (χ4v) is 3.29. The second-order valence-corrected chi connectivity index (χ2v) is 5.83. The van der Waals surface area contributed by atoms with E-state index in [9.17, 15) is 0 Å². The van der Waals surface area contributed by atoms with Crippen LogP contribution in [0.3, 0.4) is 0 Å². The number of hydrogen-bond donors (Lipinski definition) is 0. The van der Waals surface area contributed by atoms with Gasteiger partial charge in [-0.1, -0.05) is 18.0 Å². The highest BCUT2D eigenvalue weighted by Gasteiger charge is 2.17. The van der Waals surface area contributed by atoms with Gasteiger partial charge in [0.05, 0.1) is 0 Å². The summed E-state index contributed by atoms with van der Waals surface area (Å²) in [7, 11) is 0. The summed E-state index contributed by atoms with van der Waals surface area (Å²) in [5.74, 6) is 0.679. The van der Waals surface area contributed by atoms with Crippen molar-refractivity contribution >= 4 is 22.9 Å². The van der Waals surface area contributed by atoms with Gasteiger partial charge in [-0.2, -0.15) is 0 Å². The van der Waals surface area contributed by atoms with Crippen molar-refractivity contribution in [1.29, 1.82) is 0 Å². The average molecular weight is 280 g/mol. The molecule has 0 N–H and O–H groups in total. The molecule has 0 saturated heterocycles. The predicted octanol–water partition coefficient (Wildman–Crippen LogP) is 3.83. The zero-order valence-electron chi connectivity index (χ0n) is 10.2. The van der Waals surface area contributed by atoms with Crippen LogP contribution < -0.4 is 0 Å². The SMILES string of the molecule is Cc1csc(-c2nc(Cl)c3c(n2)CCCCC3)n1. The Kier molecular flexibility index (Phi) is 3.31. The Morgan fingerprint density at radius 3 is 2.72 bits per heavy atom. The number of aryl methyl sites for hydroxylation is 2. The standard InChI is InChI=1S/C13H14ClN3S/c1-8-7-18-13(15-8)12-16-10-6-4-2-3-5-9(10)11(14)17-12/h7H,2-6H2,1H3. The van der Waals surface area contributed by atoms with Crippen LogP contribution in [0.4, 0.5) is 0 Å². The first-order chi connectivity index (χ1) is 8.74. The van der Waals surface area contributed by atoms with E-state index >= 15 is 0 Å². The molecule has 0 spiro atoms. The van der Waals surface area contributed by atoms with E-state index < -0.39 is 0 Å². The van der Waals surface area contributed by atoms with Gasteiger partial charge in [0.15, 0.2) is 10.8 Å². The van der Waals surface area contributed by atoms with E-state index in [1.54, 1.807) is 11.3 Å². The largest absolute Gasteiger partial charge is 0.238 e. The zero-order chi connectivity index (χ0) is 12.5. The topological polar surface area (TPSA) is 38.7 Å². The van der Waals surface area contributed by atoms with E-state index in [4.69, 9.17) is 11.6 Å². The summed E-state index contributed by atoms with van der Waals surface area (Å²) in [4.78, 5) is 13.5. The highest BCUT2D eigenvalue weighted by atomic mass is 35.5. The summed E-state index contributed by atoms with van der Waals surface area (Å²) < 4.78 is 0. The number of thiazole rings is 1. The Balaban J connectivity index is 2.07. The Labute approximate surface area is 115 Å². The molecule has 94 valence electrons. The molecule has 2 aromatic heterocycles. The van der Waals surface area contributed by atoms with E-state index in [1.165, 1.54) is 19.3 Å². The van der Waals surface area contributed by atoms with E-state index in [0.717, 1.165) is 34.8 Å². The highest BCUT2D eigenvalue weighted by molar-refractivity contribution is 7.13.